The number of carbonyl (C=O) groups excluding carboxylic acids is 1. The molecule has 1 aromatic carbocycles. The monoisotopic (exact) mass is 214 g/mol. The molecule has 0 bridgehead atoms. The van der Waals surface area contributed by atoms with Gasteiger partial charge in [0.2, 0.25) is 0 Å². The summed E-state index contributed by atoms with van der Waals surface area (Å²) in [4.78, 5) is 22.5. The molecule has 0 amide bonds. The van der Waals surface area contributed by atoms with Crippen LogP contribution in [0, 0.1) is 0 Å². The van der Waals surface area contributed by atoms with Crippen LogP contribution in [0.15, 0.2) is 51.7 Å². The van der Waals surface area contributed by atoms with Crippen molar-refractivity contribution in [3.8, 4) is 11.3 Å². The quantitative estimate of drug-likeness (QED) is 0.721. The maximum absolute atomic E-state index is 11.4. The standard InChI is InChI=1S/C13H10O3/c1-9(14)11-7-8-12(15)16-13(11)10-5-3-2-4-6-10/h2-8H,1H3. The van der Waals surface area contributed by atoms with Crippen LogP contribution in [-0.2, 0) is 0 Å². The van der Waals surface area contributed by atoms with E-state index in [0.717, 1.165) is 5.56 Å². The molecule has 0 atom stereocenters. The molecule has 0 aliphatic carbocycles. The first-order valence-electron chi connectivity index (χ1n) is 4.89. The highest BCUT2D eigenvalue weighted by Gasteiger charge is 2.11. The Balaban J connectivity index is 2.68. The molecule has 1 heterocycles. The van der Waals surface area contributed by atoms with Gasteiger partial charge >= 0.3 is 5.63 Å². The second-order valence-corrected chi connectivity index (χ2v) is 3.42. The lowest BCUT2D eigenvalue weighted by Crippen LogP contribution is -2.03. The van der Waals surface area contributed by atoms with Crippen LogP contribution >= 0.6 is 0 Å². The van der Waals surface area contributed by atoms with Crippen molar-refractivity contribution in [3.05, 3.63) is 58.4 Å². The maximum atomic E-state index is 11.4. The summed E-state index contributed by atoms with van der Waals surface area (Å²) in [7, 11) is 0. The normalized spacial score (nSPS) is 10.1. The molecule has 0 saturated heterocycles. The predicted molar refractivity (Wildman–Crippen MR) is 60.4 cm³/mol. The fraction of sp³-hybridized carbons (Fsp3) is 0.0769. The number of benzene rings is 1. The van der Waals surface area contributed by atoms with Gasteiger partial charge < -0.3 is 4.42 Å². The molecule has 0 spiro atoms. The summed E-state index contributed by atoms with van der Waals surface area (Å²) in [6.07, 6.45) is 0. The second-order valence-electron chi connectivity index (χ2n) is 3.42. The lowest BCUT2D eigenvalue weighted by molar-refractivity contribution is 0.101. The Labute approximate surface area is 92.3 Å². The topological polar surface area (TPSA) is 47.3 Å². The number of carbonyl (C=O) groups is 1. The fourth-order valence-electron chi connectivity index (χ4n) is 1.50. The van der Waals surface area contributed by atoms with E-state index < -0.39 is 5.63 Å². The third kappa shape index (κ3) is 1.93. The van der Waals surface area contributed by atoms with Gasteiger partial charge in [-0.2, -0.15) is 0 Å². The second kappa shape index (κ2) is 4.14. The molecule has 0 aliphatic heterocycles. The number of rotatable bonds is 2. The first kappa shape index (κ1) is 10.4. The Hall–Kier alpha value is -2.16. The molecule has 0 unspecified atom stereocenters. The van der Waals surface area contributed by atoms with Gasteiger partial charge in [0.15, 0.2) is 5.78 Å². The summed E-state index contributed by atoms with van der Waals surface area (Å²) in [5.74, 6) is 0.211. The van der Waals surface area contributed by atoms with E-state index in [-0.39, 0.29) is 5.78 Å². The van der Waals surface area contributed by atoms with E-state index in [0.29, 0.717) is 11.3 Å². The van der Waals surface area contributed by atoms with E-state index in [2.05, 4.69) is 0 Å². The molecular weight excluding hydrogens is 204 g/mol. The van der Waals surface area contributed by atoms with Crippen molar-refractivity contribution in [1.82, 2.24) is 0 Å². The Kier molecular flexibility index (Phi) is 2.68. The Morgan fingerprint density at radius 1 is 1.06 bits per heavy atom. The summed E-state index contributed by atoms with van der Waals surface area (Å²) in [5.41, 5.74) is 0.694. The largest absolute Gasteiger partial charge is 0.422 e. The number of hydrogen-bond donors (Lipinski definition) is 0. The van der Waals surface area contributed by atoms with Gasteiger partial charge in [-0.25, -0.2) is 4.79 Å². The zero-order chi connectivity index (χ0) is 11.5. The lowest BCUT2D eigenvalue weighted by atomic mass is 10.1. The van der Waals surface area contributed by atoms with Gasteiger partial charge in [0.1, 0.15) is 5.76 Å². The average molecular weight is 214 g/mol. The molecule has 2 rings (SSSR count). The Bertz CT molecular complexity index is 567. The number of hydrogen-bond acceptors (Lipinski definition) is 3. The number of ketones is 1. The lowest BCUT2D eigenvalue weighted by Gasteiger charge is -2.04. The van der Waals surface area contributed by atoms with Crippen molar-refractivity contribution in [2.24, 2.45) is 0 Å². The van der Waals surface area contributed by atoms with Crippen molar-refractivity contribution < 1.29 is 9.21 Å². The molecule has 0 aliphatic rings. The molecular formula is C13H10O3. The zero-order valence-electron chi connectivity index (χ0n) is 8.77. The molecule has 2 aromatic rings. The Morgan fingerprint density at radius 2 is 1.75 bits per heavy atom. The highest BCUT2D eigenvalue weighted by Crippen LogP contribution is 2.21. The highest BCUT2D eigenvalue weighted by atomic mass is 16.4. The van der Waals surface area contributed by atoms with Gasteiger partial charge in [0.25, 0.3) is 0 Å². The molecule has 16 heavy (non-hydrogen) atoms. The molecule has 0 saturated carbocycles. The molecule has 0 N–H and O–H groups in total. The predicted octanol–water partition coefficient (Wildman–Crippen LogP) is 2.51. The first-order valence-corrected chi connectivity index (χ1v) is 4.89. The van der Waals surface area contributed by atoms with Crippen molar-refractivity contribution in [3.63, 3.8) is 0 Å². The zero-order valence-corrected chi connectivity index (χ0v) is 8.77. The highest BCUT2D eigenvalue weighted by molar-refractivity contribution is 5.99. The summed E-state index contributed by atoms with van der Waals surface area (Å²) in [6, 6.07) is 11.9. The van der Waals surface area contributed by atoms with Gasteiger partial charge in [-0.1, -0.05) is 30.3 Å². The van der Waals surface area contributed by atoms with Crippen LogP contribution < -0.4 is 5.63 Å². The number of Topliss-reactive ketones (excluding diaryl/α,β-unsaturated/α-hetero) is 1. The van der Waals surface area contributed by atoms with Crippen LogP contribution in [0.2, 0.25) is 0 Å². The molecule has 0 fully saturated rings. The van der Waals surface area contributed by atoms with Gasteiger partial charge in [0, 0.05) is 11.6 Å². The minimum absolute atomic E-state index is 0.123. The van der Waals surface area contributed by atoms with E-state index in [9.17, 15) is 9.59 Å². The van der Waals surface area contributed by atoms with Gasteiger partial charge in [-0.15, -0.1) is 0 Å². The Morgan fingerprint density at radius 3 is 2.38 bits per heavy atom. The summed E-state index contributed by atoms with van der Waals surface area (Å²) in [5, 5.41) is 0. The van der Waals surface area contributed by atoms with Gasteiger partial charge in [-0.05, 0) is 13.0 Å². The van der Waals surface area contributed by atoms with Gasteiger partial charge in [0.05, 0.1) is 5.56 Å². The summed E-state index contributed by atoms with van der Waals surface area (Å²) in [6.45, 7) is 1.45. The maximum Gasteiger partial charge on any atom is 0.336 e. The van der Waals surface area contributed by atoms with Crippen LogP contribution in [-0.4, -0.2) is 5.78 Å². The molecule has 3 heteroatoms. The third-order valence-corrected chi connectivity index (χ3v) is 2.25. The fourth-order valence-corrected chi connectivity index (χ4v) is 1.50. The first-order chi connectivity index (χ1) is 7.68. The molecule has 0 radical (unpaired) electrons. The van der Waals surface area contributed by atoms with Crippen LogP contribution in [0.1, 0.15) is 17.3 Å². The molecule has 1 aromatic heterocycles. The summed E-state index contributed by atoms with van der Waals surface area (Å²) >= 11 is 0. The minimum atomic E-state index is -0.455. The van der Waals surface area contributed by atoms with E-state index >= 15 is 0 Å². The minimum Gasteiger partial charge on any atom is -0.422 e. The van der Waals surface area contributed by atoms with Crippen molar-refractivity contribution in [1.29, 1.82) is 0 Å². The van der Waals surface area contributed by atoms with Crippen LogP contribution in [0.3, 0.4) is 0 Å². The smallest absolute Gasteiger partial charge is 0.336 e. The van der Waals surface area contributed by atoms with E-state index in [1.807, 2.05) is 18.2 Å². The van der Waals surface area contributed by atoms with E-state index in [4.69, 9.17) is 4.42 Å². The van der Waals surface area contributed by atoms with E-state index in [1.165, 1.54) is 19.1 Å². The third-order valence-electron chi connectivity index (χ3n) is 2.25. The van der Waals surface area contributed by atoms with Crippen molar-refractivity contribution in [2.45, 2.75) is 6.92 Å². The van der Waals surface area contributed by atoms with Crippen molar-refractivity contribution in [2.75, 3.05) is 0 Å². The van der Waals surface area contributed by atoms with Crippen LogP contribution in [0.25, 0.3) is 11.3 Å². The van der Waals surface area contributed by atoms with Crippen molar-refractivity contribution >= 4 is 5.78 Å². The summed E-state index contributed by atoms with van der Waals surface area (Å²) < 4.78 is 5.08. The van der Waals surface area contributed by atoms with Gasteiger partial charge in [-0.3, -0.25) is 4.79 Å². The van der Waals surface area contributed by atoms with Crippen LogP contribution in [0.4, 0.5) is 0 Å². The van der Waals surface area contributed by atoms with Crippen LogP contribution in [0.5, 0.6) is 0 Å². The average Bonchev–Trinajstić information content (AvgIpc) is 2.29. The molecule has 3 nitrogen and oxygen atoms in total. The molecule has 80 valence electrons. The van der Waals surface area contributed by atoms with E-state index in [1.54, 1.807) is 12.1 Å². The SMILES string of the molecule is CC(=O)c1ccc(=O)oc1-c1ccccc1.